The molecule has 0 saturated carbocycles. The standard InChI is InChI=1S/C30H40Cl2N4O2/c1-3-4-5-9-20-38-24-14-11-23(12-15-24)13-16-30-35(2)27-21-25(31)26(32)22-28(27)36(30)19-8-6-7-10-29(37)34-18-17-33/h11-16,21-22H,3-10,17-20,33H2,1-2H3/p+1/b16-13+. The summed E-state index contributed by atoms with van der Waals surface area (Å²) in [6.45, 7) is 4.77. The van der Waals surface area contributed by atoms with Crippen LogP contribution in [0.4, 0.5) is 0 Å². The van der Waals surface area contributed by atoms with Crippen LogP contribution in [0.15, 0.2) is 36.4 Å². The van der Waals surface area contributed by atoms with Crippen LogP contribution in [0.1, 0.15) is 69.7 Å². The monoisotopic (exact) mass is 559 g/mol. The molecule has 0 bridgehead atoms. The molecule has 2 aromatic carbocycles. The highest BCUT2D eigenvalue weighted by Crippen LogP contribution is 2.28. The van der Waals surface area contributed by atoms with E-state index in [-0.39, 0.29) is 5.91 Å². The molecule has 0 atom stereocenters. The second-order valence-electron chi connectivity index (χ2n) is 9.58. The third kappa shape index (κ3) is 8.75. The predicted octanol–water partition coefficient (Wildman–Crippen LogP) is 6.54. The number of hydrogen-bond donors (Lipinski definition) is 2. The van der Waals surface area contributed by atoms with Crippen LogP contribution in [0.5, 0.6) is 5.75 Å². The molecule has 6 nitrogen and oxygen atoms in total. The first kappa shape index (κ1) is 30.0. The number of benzene rings is 2. The number of aryl methyl sites for hydroxylation is 2. The second kappa shape index (κ2) is 15.8. The molecule has 0 fully saturated rings. The number of nitrogens with zero attached hydrogens (tertiary/aromatic N) is 2. The van der Waals surface area contributed by atoms with E-state index in [0.29, 0.717) is 29.6 Å². The summed E-state index contributed by atoms with van der Waals surface area (Å²) in [6.07, 6.45) is 12.3. The average Bonchev–Trinajstić information content (AvgIpc) is 3.16. The van der Waals surface area contributed by atoms with Gasteiger partial charge in [0.25, 0.3) is 5.82 Å². The number of unbranched alkanes of at least 4 members (excludes halogenated alkanes) is 5. The Morgan fingerprint density at radius 2 is 1.76 bits per heavy atom. The molecule has 38 heavy (non-hydrogen) atoms. The first-order valence-corrected chi connectivity index (χ1v) is 14.4. The SMILES string of the molecule is CCCCCCOc1ccc(/C=C/c2n(CCCCCC(=O)NCCN)c3cc(Cl)c(Cl)cc3[n+]2C)cc1. The van der Waals surface area contributed by atoms with Crippen LogP contribution in [0.3, 0.4) is 0 Å². The molecule has 0 aliphatic carbocycles. The van der Waals surface area contributed by atoms with Crippen LogP contribution in [-0.4, -0.2) is 30.2 Å². The van der Waals surface area contributed by atoms with Crippen molar-refractivity contribution in [2.24, 2.45) is 12.8 Å². The van der Waals surface area contributed by atoms with Crippen molar-refractivity contribution in [3.8, 4) is 5.75 Å². The smallest absolute Gasteiger partial charge is 0.282 e. The van der Waals surface area contributed by atoms with E-state index in [1.807, 2.05) is 31.3 Å². The number of fused-ring (bicyclic) bond motifs is 1. The first-order chi connectivity index (χ1) is 18.4. The first-order valence-electron chi connectivity index (χ1n) is 13.7. The van der Waals surface area contributed by atoms with E-state index in [9.17, 15) is 4.79 Å². The summed E-state index contributed by atoms with van der Waals surface area (Å²) in [5.74, 6) is 2.01. The summed E-state index contributed by atoms with van der Waals surface area (Å²) in [5.41, 5.74) is 8.60. The van der Waals surface area contributed by atoms with Crippen LogP contribution in [-0.2, 0) is 18.4 Å². The highest BCUT2D eigenvalue weighted by molar-refractivity contribution is 6.42. The summed E-state index contributed by atoms with van der Waals surface area (Å²) >= 11 is 12.7. The van der Waals surface area contributed by atoms with Crippen molar-refractivity contribution in [1.82, 2.24) is 9.88 Å². The zero-order valence-corrected chi connectivity index (χ0v) is 24.2. The van der Waals surface area contributed by atoms with Crippen molar-refractivity contribution in [2.75, 3.05) is 19.7 Å². The van der Waals surface area contributed by atoms with Gasteiger partial charge in [-0.05, 0) is 49.5 Å². The van der Waals surface area contributed by atoms with Gasteiger partial charge in [-0.15, -0.1) is 0 Å². The maximum Gasteiger partial charge on any atom is 0.282 e. The minimum Gasteiger partial charge on any atom is -0.494 e. The fourth-order valence-corrected chi connectivity index (χ4v) is 4.79. The van der Waals surface area contributed by atoms with Crippen molar-refractivity contribution < 1.29 is 14.1 Å². The molecule has 1 amide bonds. The van der Waals surface area contributed by atoms with E-state index >= 15 is 0 Å². The fraction of sp³-hybridized carbons (Fsp3) is 0.467. The molecule has 0 aliphatic rings. The molecule has 0 aliphatic heterocycles. The Kier molecular flexibility index (Phi) is 12.5. The summed E-state index contributed by atoms with van der Waals surface area (Å²) in [6, 6.07) is 12.1. The van der Waals surface area contributed by atoms with Gasteiger partial charge in [0.15, 0.2) is 11.0 Å². The third-order valence-electron chi connectivity index (χ3n) is 6.61. The largest absolute Gasteiger partial charge is 0.494 e. The molecule has 0 spiro atoms. The Balaban J connectivity index is 1.70. The van der Waals surface area contributed by atoms with Crippen molar-refractivity contribution in [3.63, 3.8) is 0 Å². The zero-order valence-electron chi connectivity index (χ0n) is 22.6. The van der Waals surface area contributed by atoms with E-state index in [0.717, 1.165) is 67.0 Å². The minimum absolute atomic E-state index is 0.0613. The molecule has 206 valence electrons. The molecule has 1 aromatic heterocycles. The lowest BCUT2D eigenvalue weighted by molar-refractivity contribution is -0.647. The number of aromatic nitrogens is 2. The molecule has 0 unspecified atom stereocenters. The fourth-order valence-electron chi connectivity index (χ4n) is 4.47. The van der Waals surface area contributed by atoms with Gasteiger partial charge in [0.1, 0.15) is 5.75 Å². The molecule has 0 radical (unpaired) electrons. The Hall–Kier alpha value is -2.54. The number of hydrogen-bond acceptors (Lipinski definition) is 3. The Morgan fingerprint density at radius 3 is 2.50 bits per heavy atom. The predicted molar refractivity (Wildman–Crippen MR) is 159 cm³/mol. The number of nitrogens with one attached hydrogen (secondary N) is 1. The van der Waals surface area contributed by atoms with Crippen molar-refractivity contribution in [1.29, 1.82) is 0 Å². The van der Waals surface area contributed by atoms with Crippen molar-refractivity contribution in [2.45, 2.75) is 64.8 Å². The van der Waals surface area contributed by atoms with Crippen molar-refractivity contribution >= 4 is 52.3 Å². The number of carbonyl (C=O) groups excluding carboxylic acids is 1. The normalized spacial score (nSPS) is 11.5. The van der Waals surface area contributed by atoms with E-state index < -0.39 is 0 Å². The summed E-state index contributed by atoms with van der Waals surface area (Å²) in [5, 5.41) is 3.90. The molecular weight excluding hydrogens is 519 g/mol. The summed E-state index contributed by atoms with van der Waals surface area (Å²) in [4.78, 5) is 11.8. The number of nitrogens with two attached hydrogens (primary N) is 1. The lowest BCUT2D eigenvalue weighted by atomic mass is 10.2. The molecular formula is C30H41Cl2N4O2+. The summed E-state index contributed by atoms with van der Waals surface area (Å²) in [7, 11) is 2.04. The lowest BCUT2D eigenvalue weighted by Crippen LogP contribution is -2.31. The Morgan fingerprint density at radius 1 is 1.03 bits per heavy atom. The van der Waals surface area contributed by atoms with Gasteiger partial charge in [0.05, 0.1) is 30.2 Å². The van der Waals surface area contributed by atoms with Gasteiger partial charge >= 0.3 is 0 Å². The van der Waals surface area contributed by atoms with Crippen LogP contribution in [0, 0.1) is 0 Å². The van der Waals surface area contributed by atoms with Crippen LogP contribution in [0.25, 0.3) is 23.2 Å². The van der Waals surface area contributed by atoms with E-state index in [2.05, 4.69) is 45.7 Å². The summed E-state index contributed by atoms with van der Waals surface area (Å²) < 4.78 is 10.3. The van der Waals surface area contributed by atoms with Crippen molar-refractivity contribution in [3.05, 3.63) is 57.8 Å². The second-order valence-corrected chi connectivity index (χ2v) is 10.4. The number of carbonyl (C=O) groups is 1. The third-order valence-corrected chi connectivity index (χ3v) is 7.34. The quantitative estimate of drug-likeness (QED) is 0.154. The maximum absolute atomic E-state index is 11.8. The highest BCUT2D eigenvalue weighted by atomic mass is 35.5. The van der Waals surface area contributed by atoms with Gasteiger partial charge < -0.3 is 15.8 Å². The van der Waals surface area contributed by atoms with Crippen LogP contribution in [0.2, 0.25) is 10.0 Å². The van der Waals surface area contributed by atoms with E-state index in [4.69, 9.17) is 33.7 Å². The van der Waals surface area contributed by atoms with E-state index in [1.54, 1.807) is 0 Å². The Labute approximate surface area is 236 Å². The Bertz CT molecular complexity index is 1210. The highest BCUT2D eigenvalue weighted by Gasteiger charge is 2.22. The van der Waals surface area contributed by atoms with Gasteiger partial charge in [0, 0.05) is 37.7 Å². The number of amides is 1. The maximum atomic E-state index is 11.8. The number of ether oxygens (including phenoxy) is 1. The van der Waals surface area contributed by atoms with Crippen LogP contribution >= 0.6 is 23.2 Å². The van der Waals surface area contributed by atoms with Gasteiger partial charge in [-0.25, -0.2) is 9.13 Å². The van der Waals surface area contributed by atoms with Gasteiger partial charge in [0.2, 0.25) is 5.91 Å². The van der Waals surface area contributed by atoms with Gasteiger partial charge in [-0.3, -0.25) is 4.79 Å². The molecule has 8 heteroatoms. The molecule has 3 aromatic rings. The lowest BCUT2D eigenvalue weighted by Gasteiger charge is -2.06. The van der Waals surface area contributed by atoms with E-state index in [1.165, 1.54) is 19.3 Å². The zero-order chi connectivity index (χ0) is 27.3. The molecule has 0 saturated heterocycles. The topological polar surface area (TPSA) is 73.2 Å². The van der Waals surface area contributed by atoms with Crippen LogP contribution < -0.4 is 20.4 Å². The number of imidazole rings is 1. The minimum atomic E-state index is 0.0613. The molecule has 3 N–H and O–H groups in total. The van der Waals surface area contributed by atoms with Gasteiger partial charge in [-0.2, -0.15) is 0 Å². The molecule has 1 heterocycles. The van der Waals surface area contributed by atoms with Gasteiger partial charge in [-0.1, -0.05) is 61.5 Å². The average molecular weight is 561 g/mol. The molecule has 3 rings (SSSR count). The number of halogens is 2. The number of rotatable bonds is 16.